The van der Waals surface area contributed by atoms with Crippen molar-refractivity contribution < 1.29 is 18.7 Å². The van der Waals surface area contributed by atoms with Gasteiger partial charge in [0, 0.05) is 16.7 Å². The number of Topliss-reactive ketones (excluding diaryl/α,β-unsaturated/α-hetero) is 2. The van der Waals surface area contributed by atoms with Gasteiger partial charge in [-0.1, -0.05) is 54.6 Å². The third-order valence-corrected chi connectivity index (χ3v) is 4.41. The number of rotatable bonds is 4. The van der Waals surface area contributed by atoms with Gasteiger partial charge in [0.2, 0.25) is 0 Å². The maximum atomic E-state index is 13.3. The van der Waals surface area contributed by atoms with Crippen LogP contribution >= 0.6 is 0 Å². The molecule has 0 heterocycles. The van der Waals surface area contributed by atoms with E-state index in [9.17, 15) is 14.0 Å². The Hall–Kier alpha value is -3.53. The van der Waals surface area contributed by atoms with Crippen LogP contribution in [0.2, 0.25) is 0 Å². The number of ether oxygens (including phenoxy) is 1. The summed E-state index contributed by atoms with van der Waals surface area (Å²) in [4.78, 5) is 25.1. The van der Waals surface area contributed by atoms with Gasteiger partial charge in [0.05, 0.1) is 5.57 Å². The number of hydrogen-bond donors (Lipinski definition) is 0. The van der Waals surface area contributed by atoms with Gasteiger partial charge in [-0.2, -0.15) is 0 Å². The Labute approximate surface area is 155 Å². The van der Waals surface area contributed by atoms with Gasteiger partial charge in [-0.15, -0.1) is 0 Å². The highest BCUT2D eigenvalue weighted by molar-refractivity contribution is 6.41. The standard InChI is InChI=1S/C23H15FO3/c24-17-8-5-6-15(12-17)14-27-21-11-4-1-7-16(21)13-20-22(25)18-9-2-3-10-19(18)23(20)26/h1-13H,14H2. The first-order valence-corrected chi connectivity index (χ1v) is 8.50. The summed E-state index contributed by atoms with van der Waals surface area (Å²) in [5, 5.41) is 0. The SMILES string of the molecule is O=C1C(=Cc2ccccc2OCc2cccc(F)c2)C(=O)c2ccccc21. The zero-order chi connectivity index (χ0) is 18.8. The van der Waals surface area contributed by atoms with Crippen LogP contribution in [0.3, 0.4) is 0 Å². The molecule has 0 amide bonds. The molecule has 3 aromatic carbocycles. The van der Waals surface area contributed by atoms with Crippen LogP contribution in [0.5, 0.6) is 5.75 Å². The van der Waals surface area contributed by atoms with E-state index in [4.69, 9.17) is 4.74 Å². The van der Waals surface area contributed by atoms with Crippen molar-refractivity contribution in [2.45, 2.75) is 6.61 Å². The van der Waals surface area contributed by atoms with Gasteiger partial charge < -0.3 is 4.74 Å². The van der Waals surface area contributed by atoms with Crippen molar-refractivity contribution >= 4 is 17.6 Å². The van der Waals surface area contributed by atoms with E-state index < -0.39 is 0 Å². The fourth-order valence-corrected chi connectivity index (χ4v) is 3.08. The third-order valence-electron chi connectivity index (χ3n) is 4.41. The van der Waals surface area contributed by atoms with E-state index in [2.05, 4.69) is 0 Å². The van der Waals surface area contributed by atoms with E-state index in [0.29, 0.717) is 28.0 Å². The molecule has 1 aliphatic carbocycles. The normalized spacial score (nSPS) is 12.9. The lowest BCUT2D eigenvalue weighted by Crippen LogP contribution is -2.02. The quantitative estimate of drug-likeness (QED) is 0.494. The summed E-state index contributed by atoms with van der Waals surface area (Å²) < 4.78 is 19.1. The predicted molar refractivity (Wildman–Crippen MR) is 100 cm³/mol. The average molecular weight is 358 g/mol. The molecule has 0 N–H and O–H groups in total. The van der Waals surface area contributed by atoms with Crippen molar-refractivity contribution in [1.29, 1.82) is 0 Å². The maximum Gasteiger partial charge on any atom is 0.197 e. The Bertz CT molecular complexity index is 1050. The van der Waals surface area contributed by atoms with Crippen LogP contribution in [-0.2, 0) is 6.61 Å². The van der Waals surface area contributed by atoms with Gasteiger partial charge in [-0.3, -0.25) is 9.59 Å². The van der Waals surface area contributed by atoms with Crippen molar-refractivity contribution in [3.63, 3.8) is 0 Å². The van der Waals surface area contributed by atoms with E-state index >= 15 is 0 Å². The van der Waals surface area contributed by atoms with E-state index in [0.717, 1.165) is 0 Å². The number of para-hydroxylation sites is 1. The number of carbonyl (C=O) groups excluding carboxylic acids is 2. The molecule has 0 atom stereocenters. The summed E-state index contributed by atoms with van der Waals surface area (Å²) >= 11 is 0. The van der Waals surface area contributed by atoms with Crippen LogP contribution in [0.1, 0.15) is 31.8 Å². The molecule has 4 rings (SSSR count). The lowest BCUT2D eigenvalue weighted by molar-refractivity contribution is 0.0990. The topological polar surface area (TPSA) is 43.4 Å². The zero-order valence-corrected chi connectivity index (χ0v) is 14.3. The Morgan fingerprint density at radius 2 is 1.48 bits per heavy atom. The Kier molecular flexibility index (Phi) is 4.38. The van der Waals surface area contributed by atoms with E-state index in [1.54, 1.807) is 66.7 Å². The molecular formula is C23H15FO3. The summed E-state index contributed by atoms with van der Waals surface area (Å²) in [6, 6.07) is 20.1. The number of ketones is 2. The maximum absolute atomic E-state index is 13.3. The summed E-state index contributed by atoms with van der Waals surface area (Å²) in [7, 11) is 0. The van der Waals surface area contributed by atoms with Crippen molar-refractivity contribution in [2.24, 2.45) is 0 Å². The van der Waals surface area contributed by atoms with Crippen LogP contribution < -0.4 is 4.74 Å². The van der Waals surface area contributed by atoms with Crippen molar-refractivity contribution in [2.75, 3.05) is 0 Å². The van der Waals surface area contributed by atoms with Crippen molar-refractivity contribution in [3.05, 3.63) is 106 Å². The minimum absolute atomic E-state index is 0.123. The molecule has 0 saturated heterocycles. The van der Waals surface area contributed by atoms with Gasteiger partial charge >= 0.3 is 0 Å². The number of allylic oxidation sites excluding steroid dienone is 1. The summed E-state index contributed by atoms with van der Waals surface area (Å²) in [6.07, 6.45) is 1.56. The number of benzene rings is 3. The molecule has 0 radical (unpaired) electrons. The van der Waals surface area contributed by atoms with Gasteiger partial charge in [-0.25, -0.2) is 4.39 Å². The lowest BCUT2D eigenvalue weighted by Gasteiger charge is -2.10. The number of fused-ring (bicyclic) bond motifs is 1. The van der Waals surface area contributed by atoms with Crippen LogP contribution in [0.15, 0.2) is 78.4 Å². The van der Waals surface area contributed by atoms with Crippen molar-refractivity contribution in [1.82, 2.24) is 0 Å². The fourth-order valence-electron chi connectivity index (χ4n) is 3.08. The minimum Gasteiger partial charge on any atom is -0.488 e. The molecule has 0 saturated carbocycles. The van der Waals surface area contributed by atoms with Crippen molar-refractivity contribution in [3.8, 4) is 5.75 Å². The molecule has 0 aromatic heterocycles. The average Bonchev–Trinajstić information content (AvgIpc) is 2.93. The fraction of sp³-hybridized carbons (Fsp3) is 0.0435. The first-order valence-electron chi connectivity index (χ1n) is 8.50. The second kappa shape index (κ2) is 7.00. The Morgan fingerprint density at radius 3 is 2.19 bits per heavy atom. The Morgan fingerprint density at radius 1 is 0.815 bits per heavy atom. The van der Waals surface area contributed by atoms with E-state index in [-0.39, 0.29) is 29.6 Å². The van der Waals surface area contributed by atoms with Crippen LogP contribution in [0.4, 0.5) is 4.39 Å². The molecule has 0 spiro atoms. The van der Waals surface area contributed by atoms with E-state index in [1.807, 2.05) is 0 Å². The molecule has 1 aliphatic rings. The number of carbonyl (C=O) groups is 2. The largest absolute Gasteiger partial charge is 0.488 e. The molecule has 0 unspecified atom stereocenters. The molecule has 0 bridgehead atoms. The molecule has 3 aromatic rings. The lowest BCUT2D eigenvalue weighted by atomic mass is 10.1. The summed E-state index contributed by atoms with van der Waals surface area (Å²) in [6.45, 7) is 0.181. The molecule has 132 valence electrons. The minimum atomic E-state index is -0.327. The first-order chi connectivity index (χ1) is 13.1. The highest BCUT2D eigenvalue weighted by atomic mass is 19.1. The second-order valence-corrected chi connectivity index (χ2v) is 6.22. The number of halogens is 1. The van der Waals surface area contributed by atoms with Crippen LogP contribution in [-0.4, -0.2) is 11.6 Å². The molecule has 0 fully saturated rings. The Balaban J connectivity index is 1.63. The summed E-state index contributed by atoms with van der Waals surface area (Å²) in [5.74, 6) is -0.372. The monoisotopic (exact) mass is 358 g/mol. The third kappa shape index (κ3) is 3.29. The van der Waals surface area contributed by atoms with Gasteiger partial charge in [0.25, 0.3) is 0 Å². The predicted octanol–water partition coefficient (Wildman–Crippen LogP) is 4.87. The second-order valence-electron chi connectivity index (χ2n) is 6.22. The highest BCUT2D eigenvalue weighted by Crippen LogP contribution is 2.30. The summed E-state index contributed by atoms with van der Waals surface area (Å²) in [5.41, 5.74) is 2.29. The molecular weight excluding hydrogens is 343 g/mol. The first kappa shape index (κ1) is 16.9. The smallest absolute Gasteiger partial charge is 0.197 e. The number of hydrogen-bond acceptors (Lipinski definition) is 3. The molecule has 4 heteroatoms. The van der Waals surface area contributed by atoms with Gasteiger partial charge in [0.15, 0.2) is 11.6 Å². The zero-order valence-electron chi connectivity index (χ0n) is 14.3. The van der Waals surface area contributed by atoms with Gasteiger partial charge in [-0.05, 0) is 29.8 Å². The molecule has 0 aliphatic heterocycles. The molecule has 3 nitrogen and oxygen atoms in total. The van der Waals surface area contributed by atoms with E-state index in [1.165, 1.54) is 12.1 Å². The van der Waals surface area contributed by atoms with Gasteiger partial charge in [0.1, 0.15) is 18.2 Å². The highest BCUT2D eigenvalue weighted by Gasteiger charge is 2.32. The van der Waals surface area contributed by atoms with Crippen LogP contribution in [0.25, 0.3) is 6.08 Å². The van der Waals surface area contributed by atoms with Crippen LogP contribution in [0, 0.1) is 5.82 Å². The molecule has 27 heavy (non-hydrogen) atoms.